The fourth-order valence-electron chi connectivity index (χ4n) is 3.41. The van der Waals surface area contributed by atoms with Crippen LogP contribution in [0.4, 0.5) is 15.9 Å². The van der Waals surface area contributed by atoms with Gasteiger partial charge >= 0.3 is 0 Å². The lowest BCUT2D eigenvalue weighted by molar-refractivity contribution is 0.146. The van der Waals surface area contributed by atoms with Gasteiger partial charge in [-0.2, -0.15) is 0 Å². The summed E-state index contributed by atoms with van der Waals surface area (Å²) < 4.78 is 26.3. The van der Waals surface area contributed by atoms with Crippen molar-refractivity contribution in [2.45, 2.75) is 0 Å². The first-order chi connectivity index (χ1) is 15.2. The molecule has 0 bridgehead atoms. The Labute approximate surface area is 180 Å². The summed E-state index contributed by atoms with van der Waals surface area (Å²) >= 11 is 1.61. The number of nitrogens with zero attached hydrogens (tertiary/aromatic N) is 3. The summed E-state index contributed by atoms with van der Waals surface area (Å²) in [6.45, 7) is 0.831. The minimum atomic E-state index is -0.395. The SMILES string of the molecule is COCCOc1ccc(F)c(Nc2nc3c(-c4nnc[nH]4)cccc3c3sccc23)c1. The second kappa shape index (κ2) is 8.29. The average Bonchev–Trinajstić information content (AvgIpc) is 3.48. The number of halogens is 1. The minimum absolute atomic E-state index is 0.284. The summed E-state index contributed by atoms with van der Waals surface area (Å²) in [6.07, 6.45) is 1.53. The van der Waals surface area contributed by atoms with Gasteiger partial charge in [-0.25, -0.2) is 9.37 Å². The molecule has 0 fully saturated rings. The van der Waals surface area contributed by atoms with Crippen molar-refractivity contribution in [3.05, 3.63) is 60.0 Å². The van der Waals surface area contributed by atoms with Crippen LogP contribution in [0.5, 0.6) is 5.75 Å². The molecule has 7 nitrogen and oxygen atoms in total. The molecule has 2 aromatic carbocycles. The molecule has 0 saturated heterocycles. The zero-order chi connectivity index (χ0) is 21.2. The van der Waals surface area contributed by atoms with E-state index in [-0.39, 0.29) is 5.69 Å². The number of thiophene rings is 1. The van der Waals surface area contributed by atoms with Crippen LogP contribution in [-0.4, -0.2) is 40.5 Å². The fraction of sp³-hybridized carbons (Fsp3) is 0.136. The monoisotopic (exact) mass is 435 g/mol. The Bertz CT molecular complexity index is 1350. The number of hydrogen-bond donors (Lipinski definition) is 2. The maximum Gasteiger partial charge on any atom is 0.163 e. The zero-order valence-corrected chi connectivity index (χ0v) is 17.4. The zero-order valence-electron chi connectivity index (χ0n) is 16.6. The van der Waals surface area contributed by atoms with Crippen LogP contribution in [0.15, 0.2) is 54.2 Å². The molecule has 0 aliphatic rings. The van der Waals surface area contributed by atoms with Gasteiger partial charge in [0, 0.05) is 34.2 Å². The van der Waals surface area contributed by atoms with E-state index >= 15 is 0 Å². The van der Waals surface area contributed by atoms with Crippen molar-refractivity contribution in [1.82, 2.24) is 20.2 Å². The van der Waals surface area contributed by atoms with Gasteiger partial charge in [0.05, 0.1) is 17.8 Å². The molecule has 2 N–H and O–H groups in total. The molecule has 156 valence electrons. The molecule has 0 aliphatic carbocycles. The van der Waals surface area contributed by atoms with Crippen LogP contribution in [0, 0.1) is 5.82 Å². The van der Waals surface area contributed by atoms with Gasteiger partial charge in [-0.3, -0.25) is 0 Å². The molecule has 5 aromatic rings. The molecular formula is C22H18FN5O2S. The highest BCUT2D eigenvalue weighted by molar-refractivity contribution is 7.18. The molecule has 5 rings (SSSR count). The lowest BCUT2D eigenvalue weighted by atomic mass is 10.1. The van der Waals surface area contributed by atoms with E-state index < -0.39 is 5.82 Å². The number of para-hydroxylation sites is 1. The van der Waals surface area contributed by atoms with Crippen molar-refractivity contribution in [2.75, 3.05) is 25.6 Å². The number of aromatic nitrogens is 4. The van der Waals surface area contributed by atoms with E-state index in [9.17, 15) is 4.39 Å². The van der Waals surface area contributed by atoms with Gasteiger partial charge < -0.3 is 19.8 Å². The van der Waals surface area contributed by atoms with Crippen molar-refractivity contribution in [3.8, 4) is 17.1 Å². The largest absolute Gasteiger partial charge is 0.491 e. The highest BCUT2D eigenvalue weighted by atomic mass is 32.1. The maximum absolute atomic E-state index is 14.6. The third-order valence-corrected chi connectivity index (χ3v) is 5.79. The van der Waals surface area contributed by atoms with E-state index in [1.165, 1.54) is 12.4 Å². The first-order valence-electron chi connectivity index (χ1n) is 9.59. The van der Waals surface area contributed by atoms with Gasteiger partial charge in [0.15, 0.2) is 5.82 Å². The molecule has 31 heavy (non-hydrogen) atoms. The molecular weight excluding hydrogens is 417 g/mol. The third kappa shape index (κ3) is 3.69. The molecule has 0 atom stereocenters. The molecule has 3 aromatic heterocycles. The molecule has 0 unspecified atom stereocenters. The molecule has 0 aliphatic heterocycles. The van der Waals surface area contributed by atoms with E-state index in [2.05, 4.69) is 20.5 Å². The summed E-state index contributed by atoms with van der Waals surface area (Å²) in [6, 6.07) is 12.5. The Hall–Kier alpha value is -3.56. The Balaban J connectivity index is 1.61. The summed E-state index contributed by atoms with van der Waals surface area (Å²) in [7, 11) is 1.60. The first-order valence-corrected chi connectivity index (χ1v) is 10.5. The lowest BCUT2D eigenvalue weighted by Gasteiger charge is -2.13. The van der Waals surface area contributed by atoms with Crippen LogP contribution < -0.4 is 10.1 Å². The van der Waals surface area contributed by atoms with Gasteiger partial charge in [-0.15, -0.1) is 21.5 Å². The number of H-pyrrole nitrogens is 1. The predicted molar refractivity (Wildman–Crippen MR) is 120 cm³/mol. The summed E-state index contributed by atoms with van der Waals surface area (Å²) in [5.41, 5.74) is 1.86. The van der Waals surface area contributed by atoms with Gasteiger partial charge in [-0.1, -0.05) is 12.1 Å². The molecule has 0 spiro atoms. The number of pyridine rings is 1. The number of hydrogen-bond acceptors (Lipinski definition) is 7. The van der Waals surface area contributed by atoms with Crippen molar-refractivity contribution in [2.24, 2.45) is 0 Å². The minimum Gasteiger partial charge on any atom is -0.491 e. The molecule has 0 amide bonds. The maximum atomic E-state index is 14.6. The van der Waals surface area contributed by atoms with Gasteiger partial charge in [0.1, 0.15) is 30.3 Å². The van der Waals surface area contributed by atoms with Gasteiger partial charge in [0.25, 0.3) is 0 Å². The number of benzene rings is 2. The van der Waals surface area contributed by atoms with Gasteiger partial charge in [-0.05, 0) is 29.6 Å². The van der Waals surface area contributed by atoms with E-state index in [0.29, 0.717) is 30.6 Å². The van der Waals surface area contributed by atoms with Crippen molar-refractivity contribution in [1.29, 1.82) is 0 Å². The first kappa shape index (κ1) is 19.4. The second-order valence-electron chi connectivity index (χ2n) is 6.77. The van der Waals surface area contributed by atoms with Crippen molar-refractivity contribution >= 4 is 43.8 Å². The number of anilines is 2. The van der Waals surface area contributed by atoms with E-state index in [1.54, 1.807) is 30.6 Å². The highest BCUT2D eigenvalue weighted by Gasteiger charge is 2.16. The topological polar surface area (TPSA) is 84.9 Å². The van der Waals surface area contributed by atoms with Crippen molar-refractivity contribution in [3.63, 3.8) is 0 Å². The Kier molecular flexibility index (Phi) is 5.19. The predicted octanol–water partition coefficient (Wildman–Crippen LogP) is 5.14. The van der Waals surface area contributed by atoms with Crippen LogP contribution in [0.1, 0.15) is 0 Å². The van der Waals surface area contributed by atoms with Crippen LogP contribution >= 0.6 is 11.3 Å². The Morgan fingerprint density at radius 1 is 1.13 bits per heavy atom. The lowest BCUT2D eigenvalue weighted by Crippen LogP contribution is -2.05. The van der Waals surface area contributed by atoms with E-state index in [4.69, 9.17) is 14.5 Å². The Morgan fingerprint density at radius 3 is 2.90 bits per heavy atom. The summed E-state index contributed by atoms with van der Waals surface area (Å²) in [4.78, 5) is 7.88. The van der Waals surface area contributed by atoms with Crippen LogP contribution in [-0.2, 0) is 4.74 Å². The number of aromatic amines is 1. The number of ether oxygens (including phenoxy) is 2. The molecule has 0 radical (unpaired) electrons. The van der Waals surface area contributed by atoms with Crippen LogP contribution in [0.3, 0.4) is 0 Å². The van der Waals surface area contributed by atoms with E-state index in [0.717, 1.165) is 26.6 Å². The van der Waals surface area contributed by atoms with Crippen LogP contribution in [0.25, 0.3) is 32.4 Å². The average molecular weight is 435 g/mol. The standard InChI is InChI=1S/C22H18FN5O2S/c1-29-8-9-30-13-5-6-17(23)18(11-13)26-22-16-7-10-31-20(16)14-3-2-4-15(19(14)27-22)21-24-12-25-28-21/h2-7,10-12H,8-9H2,1H3,(H,26,27)(H,24,25,28). The van der Waals surface area contributed by atoms with Crippen LogP contribution in [0.2, 0.25) is 0 Å². The number of methoxy groups -OCH3 is 1. The second-order valence-corrected chi connectivity index (χ2v) is 7.69. The molecule has 9 heteroatoms. The number of nitrogens with one attached hydrogen (secondary N) is 2. The van der Waals surface area contributed by atoms with Crippen molar-refractivity contribution < 1.29 is 13.9 Å². The van der Waals surface area contributed by atoms with E-state index in [1.807, 2.05) is 29.6 Å². The summed E-state index contributed by atoms with van der Waals surface area (Å²) in [5.74, 6) is 1.34. The molecule has 0 saturated carbocycles. The number of rotatable bonds is 7. The normalized spacial score (nSPS) is 11.3. The van der Waals surface area contributed by atoms with Gasteiger partial charge in [0.2, 0.25) is 0 Å². The quantitative estimate of drug-likeness (QED) is 0.344. The molecule has 3 heterocycles. The summed E-state index contributed by atoms with van der Waals surface area (Å²) in [5, 5.41) is 15.1. The highest BCUT2D eigenvalue weighted by Crippen LogP contribution is 2.38. The smallest absolute Gasteiger partial charge is 0.163 e. The Morgan fingerprint density at radius 2 is 2.06 bits per heavy atom. The fourth-order valence-corrected chi connectivity index (χ4v) is 4.33. The number of fused-ring (bicyclic) bond motifs is 3. The third-order valence-electron chi connectivity index (χ3n) is 4.84.